The van der Waals surface area contributed by atoms with Gasteiger partial charge in [0, 0.05) is 31.9 Å². The Bertz CT molecular complexity index is 1080. The number of hydrogen-bond acceptors (Lipinski definition) is 7. The standard InChI is InChI=1S/C20H27N5O5S2/c1-4-30-11-5-10-21-20(31)23-22-18-9-7-16(25(26)27)13-19(18)32(28,29)24-17-8-6-14(2)12-15(17)3/h6-9,12-13,22,24H,4-5,10-11H2,1-3H3,(H2,21,23,31). The van der Waals surface area contributed by atoms with Crippen molar-refractivity contribution in [3.63, 3.8) is 0 Å². The quantitative estimate of drug-likeness (QED) is 0.165. The molecular weight excluding hydrogens is 454 g/mol. The molecule has 0 aliphatic heterocycles. The molecule has 0 aliphatic rings. The monoisotopic (exact) mass is 481 g/mol. The van der Waals surface area contributed by atoms with E-state index in [1.807, 2.05) is 19.9 Å². The van der Waals surface area contributed by atoms with Crippen LogP contribution in [-0.2, 0) is 14.8 Å². The third-order valence-electron chi connectivity index (χ3n) is 4.36. The normalized spacial score (nSPS) is 11.0. The van der Waals surface area contributed by atoms with Gasteiger partial charge in [-0.1, -0.05) is 17.7 Å². The van der Waals surface area contributed by atoms with Gasteiger partial charge in [-0.15, -0.1) is 0 Å². The third kappa shape index (κ3) is 7.32. The van der Waals surface area contributed by atoms with Gasteiger partial charge in [-0.2, -0.15) is 0 Å². The molecule has 12 heteroatoms. The van der Waals surface area contributed by atoms with Gasteiger partial charge in [0.1, 0.15) is 4.90 Å². The third-order valence-corrected chi connectivity index (χ3v) is 6.01. The van der Waals surface area contributed by atoms with E-state index in [0.29, 0.717) is 25.4 Å². The first kappa shape index (κ1) is 25.3. The molecule has 2 aromatic carbocycles. The van der Waals surface area contributed by atoms with Crippen molar-refractivity contribution in [2.75, 3.05) is 29.9 Å². The summed E-state index contributed by atoms with van der Waals surface area (Å²) in [7, 11) is -4.15. The fraction of sp³-hybridized carbons (Fsp3) is 0.350. The Morgan fingerprint density at radius 1 is 1.16 bits per heavy atom. The van der Waals surface area contributed by atoms with Crippen LogP contribution in [0.2, 0.25) is 0 Å². The number of thiocarbonyl (C=S) groups is 1. The number of rotatable bonds is 11. The van der Waals surface area contributed by atoms with Crippen LogP contribution in [0, 0.1) is 24.0 Å². The minimum Gasteiger partial charge on any atom is -0.382 e. The molecule has 32 heavy (non-hydrogen) atoms. The van der Waals surface area contributed by atoms with E-state index in [9.17, 15) is 18.5 Å². The van der Waals surface area contributed by atoms with E-state index >= 15 is 0 Å². The van der Waals surface area contributed by atoms with Crippen molar-refractivity contribution >= 4 is 44.4 Å². The number of hydrogen-bond donors (Lipinski definition) is 4. The summed E-state index contributed by atoms with van der Waals surface area (Å²) in [5.74, 6) is 0. The molecule has 0 unspecified atom stereocenters. The van der Waals surface area contributed by atoms with Gasteiger partial charge in [0.2, 0.25) is 0 Å². The van der Waals surface area contributed by atoms with Gasteiger partial charge in [0.15, 0.2) is 5.11 Å². The maximum Gasteiger partial charge on any atom is 0.270 e. The Kier molecular flexibility index (Phi) is 9.17. The highest BCUT2D eigenvalue weighted by Crippen LogP contribution is 2.29. The lowest BCUT2D eigenvalue weighted by Gasteiger charge is -2.17. The molecule has 0 radical (unpaired) electrons. The molecular formula is C20H27N5O5S2. The molecule has 0 saturated carbocycles. The molecule has 2 aromatic rings. The number of anilines is 2. The number of benzene rings is 2. The summed E-state index contributed by atoms with van der Waals surface area (Å²) in [6.07, 6.45) is 0.743. The van der Waals surface area contributed by atoms with Gasteiger partial charge in [-0.05, 0) is 57.1 Å². The molecule has 0 saturated heterocycles. The van der Waals surface area contributed by atoms with Crippen LogP contribution < -0.4 is 20.9 Å². The zero-order valence-electron chi connectivity index (χ0n) is 18.1. The van der Waals surface area contributed by atoms with Gasteiger partial charge in [0.25, 0.3) is 15.7 Å². The molecule has 0 heterocycles. The van der Waals surface area contributed by atoms with Crippen LogP contribution in [0.15, 0.2) is 41.3 Å². The second-order valence-electron chi connectivity index (χ2n) is 6.92. The number of aryl methyl sites for hydroxylation is 2. The number of nitro benzene ring substituents is 1. The summed E-state index contributed by atoms with van der Waals surface area (Å²) < 4.78 is 33.9. The summed E-state index contributed by atoms with van der Waals surface area (Å²) in [5.41, 5.74) is 7.26. The van der Waals surface area contributed by atoms with Crippen molar-refractivity contribution in [1.82, 2.24) is 10.7 Å². The molecule has 0 amide bonds. The predicted molar refractivity (Wildman–Crippen MR) is 128 cm³/mol. The van der Waals surface area contributed by atoms with Crippen LogP contribution in [0.1, 0.15) is 24.5 Å². The second-order valence-corrected chi connectivity index (χ2v) is 8.98. The summed E-state index contributed by atoms with van der Waals surface area (Å²) in [6.45, 7) is 7.37. The Hall–Kier alpha value is -2.96. The van der Waals surface area contributed by atoms with E-state index in [4.69, 9.17) is 17.0 Å². The first-order valence-electron chi connectivity index (χ1n) is 9.90. The number of hydrazine groups is 1. The minimum atomic E-state index is -4.15. The van der Waals surface area contributed by atoms with Crippen molar-refractivity contribution in [2.24, 2.45) is 0 Å². The largest absolute Gasteiger partial charge is 0.382 e. The average molecular weight is 482 g/mol. The molecule has 0 fully saturated rings. The highest BCUT2D eigenvalue weighted by atomic mass is 32.2. The molecule has 10 nitrogen and oxygen atoms in total. The van der Waals surface area contributed by atoms with E-state index in [1.165, 1.54) is 12.1 Å². The summed E-state index contributed by atoms with van der Waals surface area (Å²) in [5, 5.41) is 14.4. The molecule has 2 rings (SSSR count). The minimum absolute atomic E-state index is 0.103. The lowest BCUT2D eigenvalue weighted by Crippen LogP contribution is -2.39. The number of sulfonamides is 1. The van der Waals surface area contributed by atoms with Crippen LogP contribution >= 0.6 is 12.2 Å². The smallest absolute Gasteiger partial charge is 0.270 e. The van der Waals surface area contributed by atoms with E-state index in [-0.39, 0.29) is 21.4 Å². The molecule has 0 aliphatic carbocycles. The molecule has 0 atom stereocenters. The Labute approximate surface area is 192 Å². The maximum atomic E-state index is 13.1. The van der Waals surface area contributed by atoms with Gasteiger partial charge < -0.3 is 10.1 Å². The number of nitrogens with zero attached hydrogens (tertiary/aromatic N) is 1. The summed E-state index contributed by atoms with van der Waals surface area (Å²) >= 11 is 5.17. The average Bonchev–Trinajstić information content (AvgIpc) is 2.74. The number of nitrogens with one attached hydrogen (secondary N) is 4. The summed E-state index contributed by atoms with van der Waals surface area (Å²) in [4.78, 5) is 10.3. The van der Waals surface area contributed by atoms with Crippen molar-refractivity contribution in [2.45, 2.75) is 32.1 Å². The SMILES string of the molecule is CCOCCCNC(=S)NNc1ccc([N+](=O)[O-])cc1S(=O)(=O)Nc1ccc(C)cc1C. The van der Waals surface area contributed by atoms with Gasteiger partial charge in [-0.3, -0.25) is 25.7 Å². The first-order valence-corrected chi connectivity index (χ1v) is 11.8. The lowest BCUT2D eigenvalue weighted by atomic mass is 10.1. The van der Waals surface area contributed by atoms with E-state index < -0.39 is 14.9 Å². The molecule has 174 valence electrons. The molecule has 4 N–H and O–H groups in total. The van der Waals surface area contributed by atoms with Crippen LogP contribution in [0.25, 0.3) is 0 Å². The zero-order chi connectivity index (χ0) is 23.7. The van der Waals surface area contributed by atoms with Crippen molar-refractivity contribution in [3.05, 3.63) is 57.6 Å². The summed E-state index contributed by atoms with van der Waals surface area (Å²) in [6, 6.07) is 8.76. The first-order chi connectivity index (χ1) is 15.1. The van der Waals surface area contributed by atoms with Gasteiger partial charge in [-0.25, -0.2) is 8.42 Å². The Morgan fingerprint density at radius 2 is 1.88 bits per heavy atom. The highest BCUT2D eigenvalue weighted by Gasteiger charge is 2.23. The van der Waals surface area contributed by atoms with Gasteiger partial charge >= 0.3 is 0 Å². The Balaban J connectivity index is 2.20. The lowest BCUT2D eigenvalue weighted by molar-refractivity contribution is -0.385. The van der Waals surface area contributed by atoms with Crippen LogP contribution in [0.4, 0.5) is 17.1 Å². The predicted octanol–water partition coefficient (Wildman–Crippen LogP) is 3.23. The molecule has 0 aromatic heterocycles. The molecule has 0 bridgehead atoms. The fourth-order valence-electron chi connectivity index (χ4n) is 2.77. The van der Waals surface area contributed by atoms with Crippen LogP contribution in [0.3, 0.4) is 0 Å². The number of non-ortho nitro benzene ring substituents is 1. The fourth-order valence-corrected chi connectivity index (χ4v) is 4.23. The second kappa shape index (κ2) is 11.6. The maximum absolute atomic E-state index is 13.1. The van der Waals surface area contributed by atoms with Crippen LogP contribution in [0.5, 0.6) is 0 Å². The van der Waals surface area contributed by atoms with E-state index in [1.54, 1.807) is 19.1 Å². The van der Waals surface area contributed by atoms with Crippen molar-refractivity contribution < 1.29 is 18.1 Å². The zero-order valence-corrected chi connectivity index (χ0v) is 19.7. The van der Waals surface area contributed by atoms with Gasteiger partial charge in [0.05, 0.1) is 16.3 Å². The van der Waals surface area contributed by atoms with Crippen molar-refractivity contribution in [3.8, 4) is 0 Å². The molecule has 0 spiro atoms. The highest BCUT2D eigenvalue weighted by molar-refractivity contribution is 7.93. The van der Waals surface area contributed by atoms with E-state index in [0.717, 1.165) is 23.6 Å². The number of ether oxygens (including phenoxy) is 1. The van der Waals surface area contributed by atoms with Crippen LogP contribution in [-0.4, -0.2) is 38.2 Å². The topological polar surface area (TPSA) is 135 Å². The number of nitro groups is 1. The van der Waals surface area contributed by atoms with E-state index in [2.05, 4.69) is 20.9 Å². The Morgan fingerprint density at radius 3 is 2.53 bits per heavy atom. The van der Waals surface area contributed by atoms with Crippen molar-refractivity contribution in [1.29, 1.82) is 0 Å².